The Bertz CT molecular complexity index is 737. The van der Waals surface area contributed by atoms with Crippen molar-refractivity contribution in [1.82, 2.24) is 0 Å². The van der Waals surface area contributed by atoms with Gasteiger partial charge in [0.1, 0.15) is 0 Å². The number of hydrogen-bond donors (Lipinski definition) is 1. The van der Waals surface area contributed by atoms with Crippen molar-refractivity contribution in [1.29, 1.82) is 0 Å². The number of ether oxygens (including phenoxy) is 1. The normalized spacial score (nSPS) is 11.3. The van der Waals surface area contributed by atoms with Crippen LogP contribution < -0.4 is 4.74 Å². The van der Waals surface area contributed by atoms with Gasteiger partial charge < -0.3 is 9.84 Å². The van der Waals surface area contributed by atoms with Gasteiger partial charge >= 0.3 is 0 Å². The highest BCUT2D eigenvalue weighted by Crippen LogP contribution is 2.32. The number of halogens is 2. The summed E-state index contributed by atoms with van der Waals surface area (Å²) in [5.74, 6) is -0.0743. The van der Waals surface area contributed by atoms with Crippen molar-refractivity contribution in [2.24, 2.45) is 0 Å². The average Bonchev–Trinajstić information content (AvgIpc) is 2.37. The smallest absolute Gasteiger partial charge is 0.206 e. The average molecular weight is 333 g/mol. The van der Waals surface area contributed by atoms with E-state index in [1.807, 2.05) is 0 Å². The van der Waals surface area contributed by atoms with E-state index in [4.69, 9.17) is 27.9 Å². The second kappa shape index (κ2) is 5.52. The molecule has 0 radical (unpaired) electrons. The Morgan fingerprint density at radius 2 is 1.60 bits per heavy atom. The molecule has 0 saturated carbocycles. The molecule has 2 aromatic carbocycles. The van der Waals surface area contributed by atoms with E-state index in [-0.39, 0.29) is 31.3 Å². The molecule has 0 aliphatic carbocycles. The van der Waals surface area contributed by atoms with Crippen molar-refractivity contribution >= 4 is 33.0 Å². The van der Waals surface area contributed by atoms with E-state index in [0.29, 0.717) is 0 Å². The Morgan fingerprint density at radius 3 is 2.15 bits per heavy atom. The van der Waals surface area contributed by atoms with Gasteiger partial charge in [0.25, 0.3) is 0 Å². The minimum atomic E-state index is -3.79. The fourth-order valence-corrected chi connectivity index (χ4v) is 3.65. The Kier molecular flexibility index (Phi) is 4.13. The van der Waals surface area contributed by atoms with Gasteiger partial charge in [0.2, 0.25) is 9.84 Å². The van der Waals surface area contributed by atoms with E-state index in [1.54, 1.807) is 0 Å². The van der Waals surface area contributed by atoms with Gasteiger partial charge in [-0.05, 0) is 30.3 Å². The van der Waals surface area contributed by atoms with Crippen LogP contribution in [0.4, 0.5) is 0 Å². The summed E-state index contributed by atoms with van der Waals surface area (Å²) >= 11 is 11.6. The van der Waals surface area contributed by atoms with Crippen molar-refractivity contribution < 1.29 is 18.3 Å². The molecule has 0 heterocycles. The van der Waals surface area contributed by atoms with E-state index in [1.165, 1.54) is 43.5 Å². The monoisotopic (exact) mass is 332 g/mol. The van der Waals surface area contributed by atoms with Crippen LogP contribution in [0.1, 0.15) is 0 Å². The lowest BCUT2D eigenvalue weighted by Gasteiger charge is -2.08. The third-order valence-corrected chi connectivity index (χ3v) is 4.78. The van der Waals surface area contributed by atoms with Crippen LogP contribution in [0.2, 0.25) is 10.0 Å². The lowest BCUT2D eigenvalue weighted by Crippen LogP contribution is -2.02. The molecule has 0 aromatic heterocycles. The SMILES string of the molecule is COc1cc(S(=O)(=O)c2cc(Cl)cc(Cl)c2)ccc1O. The summed E-state index contributed by atoms with van der Waals surface area (Å²) in [6.07, 6.45) is 0. The lowest BCUT2D eigenvalue weighted by molar-refractivity contribution is 0.372. The number of benzene rings is 2. The first kappa shape index (κ1) is 15.0. The fraction of sp³-hybridized carbons (Fsp3) is 0.0769. The zero-order valence-electron chi connectivity index (χ0n) is 10.3. The highest BCUT2D eigenvalue weighted by Gasteiger charge is 2.20. The molecule has 0 spiro atoms. The largest absolute Gasteiger partial charge is 0.504 e. The number of phenolic OH excluding ortho intramolecular Hbond substituents is 1. The summed E-state index contributed by atoms with van der Waals surface area (Å²) in [5.41, 5.74) is 0. The molecule has 7 heteroatoms. The molecule has 20 heavy (non-hydrogen) atoms. The summed E-state index contributed by atoms with van der Waals surface area (Å²) in [5, 5.41) is 9.95. The quantitative estimate of drug-likeness (QED) is 0.933. The molecule has 0 aliphatic rings. The zero-order valence-corrected chi connectivity index (χ0v) is 12.6. The van der Waals surface area contributed by atoms with Gasteiger partial charge in [-0.25, -0.2) is 8.42 Å². The molecule has 0 aliphatic heterocycles. The van der Waals surface area contributed by atoms with E-state index < -0.39 is 9.84 Å². The molecule has 106 valence electrons. The second-order valence-electron chi connectivity index (χ2n) is 3.94. The lowest BCUT2D eigenvalue weighted by atomic mass is 10.3. The molecule has 1 N–H and O–H groups in total. The van der Waals surface area contributed by atoms with Gasteiger partial charge in [-0.2, -0.15) is 0 Å². The predicted molar refractivity (Wildman–Crippen MR) is 76.6 cm³/mol. The zero-order chi connectivity index (χ0) is 14.9. The van der Waals surface area contributed by atoms with Crippen LogP contribution in [0.25, 0.3) is 0 Å². The van der Waals surface area contributed by atoms with E-state index in [0.717, 1.165) is 0 Å². The van der Waals surface area contributed by atoms with Gasteiger partial charge in [-0.15, -0.1) is 0 Å². The van der Waals surface area contributed by atoms with Crippen LogP contribution in [0.3, 0.4) is 0 Å². The van der Waals surface area contributed by atoms with Crippen molar-refractivity contribution in [2.45, 2.75) is 9.79 Å². The fourth-order valence-electron chi connectivity index (χ4n) is 1.64. The van der Waals surface area contributed by atoms with Crippen molar-refractivity contribution in [3.05, 3.63) is 46.4 Å². The minimum Gasteiger partial charge on any atom is -0.504 e. The van der Waals surface area contributed by atoms with Crippen molar-refractivity contribution in [2.75, 3.05) is 7.11 Å². The highest BCUT2D eigenvalue weighted by molar-refractivity contribution is 7.91. The Hall–Kier alpha value is -1.43. The summed E-state index contributed by atoms with van der Waals surface area (Å²) in [6.45, 7) is 0. The van der Waals surface area contributed by atoms with E-state index in [9.17, 15) is 13.5 Å². The Balaban J connectivity index is 2.60. The molecule has 2 rings (SSSR count). The van der Waals surface area contributed by atoms with Gasteiger partial charge in [0.15, 0.2) is 11.5 Å². The first-order valence-corrected chi connectivity index (χ1v) is 7.66. The van der Waals surface area contributed by atoms with Crippen LogP contribution in [0.5, 0.6) is 11.5 Å². The van der Waals surface area contributed by atoms with Crippen molar-refractivity contribution in [3.8, 4) is 11.5 Å². The summed E-state index contributed by atoms with van der Waals surface area (Å²) in [7, 11) is -2.46. The molecule has 0 unspecified atom stereocenters. The molecule has 0 saturated heterocycles. The molecule has 4 nitrogen and oxygen atoms in total. The molecular weight excluding hydrogens is 323 g/mol. The topological polar surface area (TPSA) is 63.6 Å². The summed E-state index contributed by atoms with van der Waals surface area (Å²) in [6, 6.07) is 7.82. The summed E-state index contributed by atoms with van der Waals surface area (Å²) < 4.78 is 29.8. The van der Waals surface area contributed by atoms with Gasteiger partial charge in [0, 0.05) is 16.1 Å². The minimum absolute atomic E-state index is 0.0227. The maximum Gasteiger partial charge on any atom is 0.206 e. The Labute approximate surface area is 126 Å². The molecule has 0 amide bonds. The second-order valence-corrected chi connectivity index (χ2v) is 6.76. The third-order valence-electron chi connectivity index (χ3n) is 2.61. The number of rotatable bonds is 3. The van der Waals surface area contributed by atoms with Crippen molar-refractivity contribution in [3.63, 3.8) is 0 Å². The number of aromatic hydroxyl groups is 1. The Morgan fingerprint density at radius 1 is 1.00 bits per heavy atom. The number of hydrogen-bond acceptors (Lipinski definition) is 4. The van der Waals surface area contributed by atoms with E-state index in [2.05, 4.69) is 0 Å². The number of phenols is 1. The highest BCUT2D eigenvalue weighted by atomic mass is 35.5. The van der Waals surface area contributed by atoms with Gasteiger partial charge in [-0.3, -0.25) is 0 Å². The molecular formula is C13H10Cl2O4S. The molecule has 0 fully saturated rings. The van der Waals surface area contributed by atoms with Gasteiger partial charge in [-0.1, -0.05) is 23.2 Å². The number of methoxy groups -OCH3 is 1. The van der Waals surface area contributed by atoms with Crippen LogP contribution in [0, 0.1) is 0 Å². The first-order chi connectivity index (χ1) is 9.34. The van der Waals surface area contributed by atoms with E-state index >= 15 is 0 Å². The maximum absolute atomic E-state index is 12.5. The van der Waals surface area contributed by atoms with Gasteiger partial charge in [0.05, 0.1) is 16.9 Å². The van der Waals surface area contributed by atoms with Crippen LogP contribution in [-0.2, 0) is 9.84 Å². The molecule has 0 atom stereocenters. The molecule has 2 aromatic rings. The summed E-state index contributed by atoms with van der Waals surface area (Å²) in [4.78, 5) is -0.0479. The molecule has 0 bridgehead atoms. The van der Waals surface area contributed by atoms with Crippen LogP contribution in [-0.4, -0.2) is 20.6 Å². The standard InChI is InChI=1S/C13H10Cl2O4S/c1-19-13-7-10(2-3-12(13)16)20(17,18)11-5-8(14)4-9(15)6-11/h2-7,16H,1H3. The number of sulfone groups is 1. The maximum atomic E-state index is 12.5. The predicted octanol–water partition coefficient (Wildman–Crippen LogP) is 3.54. The third kappa shape index (κ3) is 2.85. The van der Waals surface area contributed by atoms with Crippen LogP contribution >= 0.6 is 23.2 Å². The van der Waals surface area contributed by atoms with Crippen LogP contribution in [0.15, 0.2) is 46.2 Å². The first-order valence-electron chi connectivity index (χ1n) is 5.43.